The minimum absolute atomic E-state index is 0.0888. The minimum atomic E-state index is -0.489. The summed E-state index contributed by atoms with van der Waals surface area (Å²) in [6.45, 7) is 0. The number of anilines is 1. The fourth-order valence-corrected chi connectivity index (χ4v) is 3.95. The summed E-state index contributed by atoms with van der Waals surface area (Å²) in [6.07, 6.45) is 0.0888. The highest BCUT2D eigenvalue weighted by Crippen LogP contribution is 2.34. The number of benzene rings is 2. The molecule has 1 aromatic heterocycles. The van der Waals surface area contributed by atoms with E-state index in [1.807, 2.05) is 0 Å². The van der Waals surface area contributed by atoms with E-state index in [2.05, 4.69) is 15.3 Å². The monoisotopic (exact) mass is 399 g/mol. The Balaban J connectivity index is 1.63. The number of carbonyl (C=O) groups excluding carboxylic acids is 1. The van der Waals surface area contributed by atoms with Gasteiger partial charge in [0.15, 0.2) is 5.16 Å². The van der Waals surface area contributed by atoms with Crippen molar-refractivity contribution in [2.75, 3.05) is 5.32 Å². The predicted octanol–water partition coefficient (Wildman–Crippen LogP) is 3.81. The second kappa shape index (κ2) is 7.55. The number of nitrogens with zero attached hydrogens (tertiary/aromatic N) is 1. The van der Waals surface area contributed by atoms with E-state index in [1.165, 1.54) is 36.0 Å². The van der Waals surface area contributed by atoms with Crippen LogP contribution in [0.25, 0.3) is 0 Å². The van der Waals surface area contributed by atoms with Crippen LogP contribution in [-0.2, 0) is 10.5 Å². The van der Waals surface area contributed by atoms with Crippen molar-refractivity contribution in [2.24, 2.45) is 0 Å². The van der Waals surface area contributed by atoms with Crippen LogP contribution in [0.1, 0.15) is 29.0 Å². The first-order valence-electron chi connectivity index (χ1n) is 8.56. The minimum Gasteiger partial charge on any atom is -0.310 e. The fourth-order valence-electron chi connectivity index (χ4n) is 3.13. The third kappa shape index (κ3) is 3.82. The third-order valence-electron chi connectivity index (χ3n) is 4.49. The maximum atomic E-state index is 13.2. The summed E-state index contributed by atoms with van der Waals surface area (Å²) in [7, 11) is 0. The van der Waals surface area contributed by atoms with Crippen molar-refractivity contribution in [3.05, 3.63) is 87.2 Å². The number of fused-ring (bicyclic) bond motifs is 1. The van der Waals surface area contributed by atoms with E-state index >= 15 is 0 Å². The number of rotatable bonds is 4. The quantitative estimate of drug-likeness (QED) is 0.517. The van der Waals surface area contributed by atoms with Crippen LogP contribution in [0.2, 0.25) is 0 Å². The predicted molar refractivity (Wildman–Crippen MR) is 102 cm³/mol. The van der Waals surface area contributed by atoms with Crippen molar-refractivity contribution in [1.29, 1.82) is 0 Å². The Morgan fingerprint density at radius 1 is 1.00 bits per heavy atom. The first kappa shape index (κ1) is 18.4. The standard InChI is InChI=1S/C20H15F2N3O2S/c21-13-5-1-11(2-6-13)10-28-20-24-18-17(19(27)25-20)15(9-16(26)23-18)12-3-7-14(22)8-4-12/h1-8,15H,9-10H2,(H2,23,24,25,26,27). The average Bonchev–Trinajstić information content (AvgIpc) is 2.67. The van der Waals surface area contributed by atoms with Crippen LogP contribution in [-0.4, -0.2) is 15.9 Å². The topological polar surface area (TPSA) is 74.8 Å². The van der Waals surface area contributed by atoms with E-state index in [1.54, 1.807) is 24.3 Å². The highest BCUT2D eigenvalue weighted by Gasteiger charge is 2.30. The van der Waals surface area contributed by atoms with E-state index in [9.17, 15) is 18.4 Å². The van der Waals surface area contributed by atoms with Gasteiger partial charge in [-0.3, -0.25) is 9.59 Å². The van der Waals surface area contributed by atoms with Crippen molar-refractivity contribution >= 4 is 23.5 Å². The molecular weight excluding hydrogens is 384 g/mol. The summed E-state index contributed by atoms with van der Waals surface area (Å²) >= 11 is 1.28. The molecule has 8 heteroatoms. The summed E-state index contributed by atoms with van der Waals surface area (Å²) in [4.78, 5) is 32.0. The molecule has 0 spiro atoms. The summed E-state index contributed by atoms with van der Waals surface area (Å²) < 4.78 is 26.2. The zero-order valence-corrected chi connectivity index (χ0v) is 15.4. The van der Waals surface area contributed by atoms with Crippen LogP contribution in [0.5, 0.6) is 0 Å². The Morgan fingerprint density at radius 2 is 1.64 bits per heavy atom. The molecule has 0 aliphatic carbocycles. The normalized spacial score (nSPS) is 15.8. The molecule has 3 aromatic rings. The Labute approximate surface area is 163 Å². The first-order chi connectivity index (χ1) is 13.5. The number of hydrogen-bond donors (Lipinski definition) is 2. The van der Waals surface area contributed by atoms with Crippen LogP contribution in [0.3, 0.4) is 0 Å². The summed E-state index contributed by atoms with van der Waals surface area (Å²) in [5.41, 5.74) is 1.56. The summed E-state index contributed by atoms with van der Waals surface area (Å²) in [5, 5.41) is 3.01. The molecule has 2 N–H and O–H groups in total. The number of hydrogen-bond acceptors (Lipinski definition) is 4. The average molecular weight is 399 g/mol. The lowest BCUT2D eigenvalue weighted by Crippen LogP contribution is -2.31. The van der Waals surface area contributed by atoms with Crippen LogP contribution in [0.4, 0.5) is 14.6 Å². The van der Waals surface area contributed by atoms with Gasteiger partial charge in [0, 0.05) is 18.1 Å². The van der Waals surface area contributed by atoms with Crippen molar-refractivity contribution in [1.82, 2.24) is 9.97 Å². The largest absolute Gasteiger partial charge is 0.310 e. The van der Waals surface area contributed by atoms with Gasteiger partial charge >= 0.3 is 0 Å². The Kier molecular flexibility index (Phi) is 4.95. The summed E-state index contributed by atoms with van der Waals surface area (Å²) in [6, 6.07) is 11.8. The molecule has 28 heavy (non-hydrogen) atoms. The number of aromatic amines is 1. The SMILES string of the molecule is O=C1CC(c2ccc(F)cc2)c2c(nc(SCc3ccc(F)cc3)[nH]c2=O)N1. The van der Waals surface area contributed by atoms with Gasteiger partial charge in [-0.2, -0.15) is 0 Å². The number of amides is 1. The van der Waals surface area contributed by atoms with Gasteiger partial charge in [-0.25, -0.2) is 13.8 Å². The molecule has 1 atom stereocenters. The molecule has 0 saturated carbocycles. The van der Waals surface area contributed by atoms with E-state index in [0.717, 1.165) is 5.56 Å². The molecular formula is C20H15F2N3O2S. The molecule has 1 unspecified atom stereocenters. The van der Waals surface area contributed by atoms with Crippen molar-refractivity contribution in [3.8, 4) is 0 Å². The van der Waals surface area contributed by atoms with Gasteiger partial charge in [0.1, 0.15) is 17.5 Å². The highest BCUT2D eigenvalue weighted by atomic mass is 32.2. The number of aromatic nitrogens is 2. The fraction of sp³-hybridized carbons (Fsp3) is 0.150. The lowest BCUT2D eigenvalue weighted by Gasteiger charge is -2.24. The molecule has 0 saturated heterocycles. The maximum Gasteiger partial charge on any atom is 0.257 e. The molecule has 1 aliphatic heterocycles. The van der Waals surface area contributed by atoms with E-state index in [4.69, 9.17) is 0 Å². The second-order valence-corrected chi connectivity index (χ2v) is 7.37. The van der Waals surface area contributed by atoms with Gasteiger partial charge in [-0.1, -0.05) is 36.0 Å². The molecule has 2 aromatic carbocycles. The Bertz CT molecular complexity index is 1080. The smallest absolute Gasteiger partial charge is 0.257 e. The van der Waals surface area contributed by atoms with E-state index < -0.39 is 5.92 Å². The molecule has 0 bridgehead atoms. The van der Waals surface area contributed by atoms with Gasteiger partial charge in [-0.05, 0) is 35.4 Å². The van der Waals surface area contributed by atoms with E-state index in [-0.39, 0.29) is 35.3 Å². The van der Waals surface area contributed by atoms with Crippen LogP contribution in [0.15, 0.2) is 58.5 Å². The van der Waals surface area contributed by atoms with Crippen LogP contribution >= 0.6 is 11.8 Å². The second-order valence-electron chi connectivity index (χ2n) is 6.40. The number of thioether (sulfide) groups is 1. The first-order valence-corrected chi connectivity index (χ1v) is 9.55. The Morgan fingerprint density at radius 3 is 2.32 bits per heavy atom. The van der Waals surface area contributed by atoms with Gasteiger partial charge < -0.3 is 10.3 Å². The summed E-state index contributed by atoms with van der Waals surface area (Å²) in [5.74, 6) is -0.744. The third-order valence-corrected chi connectivity index (χ3v) is 5.44. The maximum absolute atomic E-state index is 13.2. The molecule has 0 radical (unpaired) electrons. The number of nitrogens with one attached hydrogen (secondary N) is 2. The van der Waals surface area contributed by atoms with Crippen LogP contribution < -0.4 is 10.9 Å². The van der Waals surface area contributed by atoms with Crippen molar-refractivity contribution in [3.63, 3.8) is 0 Å². The lowest BCUT2D eigenvalue weighted by molar-refractivity contribution is -0.116. The lowest BCUT2D eigenvalue weighted by atomic mass is 9.87. The Hall–Kier alpha value is -3.00. The number of H-pyrrole nitrogens is 1. The van der Waals surface area contributed by atoms with Crippen molar-refractivity contribution in [2.45, 2.75) is 23.2 Å². The molecule has 4 rings (SSSR count). The molecule has 1 aliphatic rings. The van der Waals surface area contributed by atoms with Crippen LogP contribution in [0, 0.1) is 11.6 Å². The molecule has 0 fully saturated rings. The zero-order valence-electron chi connectivity index (χ0n) is 14.5. The van der Waals surface area contributed by atoms with Gasteiger partial charge in [-0.15, -0.1) is 0 Å². The van der Waals surface area contributed by atoms with E-state index in [0.29, 0.717) is 22.0 Å². The van der Waals surface area contributed by atoms with Gasteiger partial charge in [0.05, 0.1) is 5.56 Å². The number of halogens is 2. The number of carbonyl (C=O) groups is 1. The van der Waals surface area contributed by atoms with Gasteiger partial charge in [0.2, 0.25) is 5.91 Å². The van der Waals surface area contributed by atoms with Crippen molar-refractivity contribution < 1.29 is 13.6 Å². The molecule has 1 amide bonds. The molecule has 2 heterocycles. The highest BCUT2D eigenvalue weighted by molar-refractivity contribution is 7.98. The van der Waals surface area contributed by atoms with Gasteiger partial charge in [0.25, 0.3) is 5.56 Å². The molecule has 5 nitrogen and oxygen atoms in total. The molecule has 142 valence electrons. The zero-order chi connectivity index (χ0) is 19.7.